The second-order valence-corrected chi connectivity index (χ2v) is 6.10. The number of alkyl halides is 1. The molecule has 1 aliphatic heterocycles. The van der Waals surface area contributed by atoms with Crippen LogP contribution in [0.3, 0.4) is 0 Å². The highest BCUT2D eigenvalue weighted by atomic mass is 35.5. The summed E-state index contributed by atoms with van der Waals surface area (Å²) in [6, 6.07) is 0. The fraction of sp³-hybridized carbons (Fsp3) is 1.00. The molecule has 66 valence electrons. The molecule has 1 heterocycles. The molecular formula is C6H11ClO3S. The fourth-order valence-electron chi connectivity index (χ4n) is 1.31. The van der Waals surface area contributed by atoms with Gasteiger partial charge in [0.2, 0.25) is 0 Å². The molecule has 0 bridgehead atoms. The van der Waals surface area contributed by atoms with E-state index in [1.807, 2.05) is 0 Å². The summed E-state index contributed by atoms with van der Waals surface area (Å²) in [6.45, 7) is 2.97. The Kier molecular flexibility index (Phi) is 1.98. The van der Waals surface area contributed by atoms with Crippen LogP contribution in [0.5, 0.6) is 0 Å². The van der Waals surface area contributed by atoms with Crippen molar-refractivity contribution < 1.29 is 13.5 Å². The molecule has 3 atom stereocenters. The van der Waals surface area contributed by atoms with E-state index in [0.717, 1.165) is 0 Å². The smallest absolute Gasteiger partial charge is 0.157 e. The van der Waals surface area contributed by atoms with Crippen LogP contribution in [-0.4, -0.2) is 35.5 Å². The van der Waals surface area contributed by atoms with E-state index in [0.29, 0.717) is 0 Å². The Labute approximate surface area is 71.3 Å². The lowest BCUT2D eigenvalue weighted by atomic mass is 10.0. The number of aliphatic hydroxyl groups is 1. The van der Waals surface area contributed by atoms with E-state index in [-0.39, 0.29) is 5.75 Å². The van der Waals surface area contributed by atoms with Gasteiger partial charge < -0.3 is 5.11 Å². The van der Waals surface area contributed by atoms with Crippen LogP contribution in [-0.2, 0) is 9.84 Å². The molecule has 11 heavy (non-hydrogen) atoms. The second-order valence-electron chi connectivity index (χ2n) is 3.27. The quantitative estimate of drug-likeness (QED) is 0.565. The summed E-state index contributed by atoms with van der Waals surface area (Å²) >= 11 is 5.71. The summed E-state index contributed by atoms with van der Waals surface area (Å²) in [4.78, 5) is 0. The first kappa shape index (κ1) is 9.29. The van der Waals surface area contributed by atoms with Gasteiger partial charge in [-0.1, -0.05) is 0 Å². The molecule has 0 amide bonds. The highest BCUT2D eigenvalue weighted by Gasteiger charge is 2.50. The Hall–Kier alpha value is 0.200. The summed E-state index contributed by atoms with van der Waals surface area (Å²) in [5, 5.41) is 8.13. The molecule has 5 heteroatoms. The van der Waals surface area contributed by atoms with E-state index in [1.54, 1.807) is 0 Å². The molecule has 0 aliphatic carbocycles. The van der Waals surface area contributed by atoms with Gasteiger partial charge in [0.15, 0.2) is 9.84 Å². The van der Waals surface area contributed by atoms with Gasteiger partial charge in [-0.2, -0.15) is 0 Å². The number of halogens is 1. The summed E-state index contributed by atoms with van der Waals surface area (Å²) < 4.78 is 22.3. The maximum absolute atomic E-state index is 11.1. The van der Waals surface area contributed by atoms with Gasteiger partial charge in [-0.15, -0.1) is 11.6 Å². The lowest BCUT2D eigenvalue weighted by molar-refractivity contribution is 0.0878. The highest BCUT2D eigenvalue weighted by molar-refractivity contribution is 7.92. The van der Waals surface area contributed by atoms with E-state index in [9.17, 15) is 13.5 Å². The van der Waals surface area contributed by atoms with E-state index in [1.165, 1.54) is 13.8 Å². The van der Waals surface area contributed by atoms with Crippen molar-refractivity contribution in [2.24, 2.45) is 0 Å². The summed E-state index contributed by atoms with van der Waals surface area (Å²) in [5.74, 6) is -0.227. The van der Waals surface area contributed by atoms with Gasteiger partial charge in [0.05, 0.1) is 22.0 Å². The van der Waals surface area contributed by atoms with Crippen LogP contribution in [0.4, 0.5) is 0 Å². The third-order valence-electron chi connectivity index (χ3n) is 2.07. The van der Waals surface area contributed by atoms with Crippen molar-refractivity contribution in [3.63, 3.8) is 0 Å². The molecular weight excluding hydrogens is 188 g/mol. The Morgan fingerprint density at radius 2 is 2.09 bits per heavy atom. The number of hydrogen-bond acceptors (Lipinski definition) is 3. The molecule has 1 rings (SSSR count). The van der Waals surface area contributed by atoms with Gasteiger partial charge in [0.25, 0.3) is 0 Å². The molecule has 1 N–H and O–H groups in total. The third kappa shape index (κ3) is 1.39. The van der Waals surface area contributed by atoms with Gasteiger partial charge in [0.1, 0.15) is 0 Å². The summed E-state index contributed by atoms with van der Waals surface area (Å²) in [5.41, 5.74) is -1.26. The highest BCUT2D eigenvalue weighted by Crippen LogP contribution is 2.33. The average Bonchev–Trinajstić information content (AvgIpc) is 1.91. The normalized spacial score (nSPS) is 49.5. The Morgan fingerprint density at radius 3 is 2.18 bits per heavy atom. The fourth-order valence-corrected chi connectivity index (χ4v) is 3.86. The molecule has 0 saturated carbocycles. The third-order valence-corrected chi connectivity index (χ3v) is 5.46. The van der Waals surface area contributed by atoms with Crippen LogP contribution in [0.2, 0.25) is 0 Å². The minimum Gasteiger partial charge on any atom is -0.388 e. The SMILES string of the molecule is CC1C(Cl)C(C)(O)CS1(=O)=O. The molecule has 1 saturated heterocycles. The molecule has 1 aliphatic rings. The van der Waals surface area contributed by atoms with Crippen LogP contribution < -0.4 is 0 Å². The number of sulfone groups is 1. The monoisotopic (exact) mass is 198 g/mol. The minimum atomic E-state index is -3.16. The molecule has 0 aromatic carbocycles. The van der Waals surface area contributed by atoms with E-state index >= 15 is 0 Å². The second kappa shape index (κ2) is 2.34. The zero-order valence-corrected chi connectivity index (χ0v) is 7.98. The van der Waals surface area contributed by atoms with E-state index in [4.69, 9.17) is 11.6 Å². The topological polar surface area (TPSA) is 54.4 Å². The van der Waals surface area contributed by atoms with Crippen LogP contribution in [0, 0.1) is 0 Å². The standard InChI is InChI=1S/C6H11ClO3S/c1-4-5(7)6(2,8)3-11(4,9)10/h4-5,8H,3H2,1-2H3. The van der Waals surface area contributed by atoms with Gasteiger partial charge in [0, 0.05) is 0 Å². The molecule has 0 aromatic heterocycles. The lowest BCUT2D eigenvalue weighted by Gasteiger charge is -2.18. The van der Waals surface area contributed by atoms with E-state index in [2.05, 4.69) is 0 Å². The van der Waals surface area contributed by atoms with Crippen LogP contribution in [0.15, 0.2) is 0 Å². The number of hydrogen-bond donors (Lipinski definition) is 1. The first-order valence-corrected chi connectivity index (χ1v) is 5.50. The van der Waals surface area contributed by atoms with Gasteiger partial charge in [-0.05, 0) is 13.8 Å². The summed E-state index contributed by atoms with van der Waals surface area (Å²) in [7, 11) is -3.16. The average molecular weight is 199 g/mol. The van der Waals surface area contributed by atoms with Crippen molar-refractivity contribution >= 4 is 21.4 Å². The molecule has 1 fully saturated rings. The van der Waals surface area contributed by atoms with Gasteiger partial charge >= 0.3 is 0 Å². The zero-order chi connectivity index (χ0) is 8.86. The van der Waals surface area contributed by atoms with Crippen molar-refractivity contribution in [3.8, 4) is 0 Å². The zero-order valence-electron chi connectivity index (χ0n) is 6.41. The first-order valence-electron chi connectivity index (χ1n) is 3.35. The maximum atomic E-state index is 11.1. The Morgan fingerprint density at radius 1 is 1.64 bits per heavy atom. The molecule has 0 radical (unpaired) electrons. The minimum absolute atomic E-state index is 0.227. The largest absolute Gasteiger partial charge is 0.388 e. The lowest BCUT2D eigenvalue weighted by Crippen LogP contribution is -2.35. The predicted octanol–water partition coefficient (Wildman–Crippen LogP) is 0.162. The predicted molar refractivity (Wildman–Crippen MR) is 43.5 cm³/mol. The van der Waals surface area contributed by atoms with Crippen molar-refractivity contribution in [3.05, 3.63) is 0 Å². The van der Waals surface area contributed by atoms with Crippen molar-refractivity contribution in [1.29, 1.82) is 0 Å². The number of rotatable bonds is 0. The van der Waals surface area contributed by atoms with Crippen molar-refractivity contribution in [1.82, 2.24) is 0 Å². The van der Waals surface area contributed by atoms with Crippen molar-refractivity contribution in [2.75, 3.05) is 5.75 Å². The van der Waals surface area contributed by atoms with E-state index < -0.39 is 26.1 Å². The Bertz CT molecular complexity index is 257. The maximum Gasteiger partial charge on any atom is 0.157 e. The summed E-state index contributed by atoms with van der Waals surface area (Å²) in [6.07, 6.45) is 0. The first-order chi connectivity index (χ1) is 4.77. The molecule has 3 unspecified atom stereocenters. The molecule has 3 nitrogen and oxygen atoms in total. The van der Waals surface area contributed by atoms with Crippen LogP contribution in [0.25, 0.3) is 0 Å². The molecule has 0 spiro atoms. The van der Waals surface area contributed by atoms with Gasteiger partial charge in [-0.3, -0.25) is 0 Å². The van der Waals surface area contributed by atoms with Gasteiger partial charge in [-0.25, -0.2) is 8.42 Å². The van der Waals surface area contributed by atoms with Crippen LogP contribution >= 0.6 is 11.6 Å². The molecule has 0 aromatic rings. The Balaban J connectivity index is 3.06. The van der Waals surface area contributed by atoms with Crippen molar-refractivity contribution in [2.45, 2.75) is 30.1 Å². The van der Waals surface area contributed by atoms with Crippen LogP contribution in [0.1, 0.15) is 13.8 Å².